The van der Waals surface area contributed by atoms with Crippen LogP contribution in [0.15, 0.2) is 66.9 Å². The van der Waals surface area contributed by atoms with Gasteiger partial charge in [-0.05, 0) is 29.3 Å². The highest BCUT2D eigenvalue weighted by atomic mass is 35.5. The second-order valence-electron chi connectivity index (χ2n) is 6.81. The standard InChI is InChI=1S/C22H18Cl2F3NO2/c1-14(18-8-7-17(23)12-19(18)24)21(29,22(25,26)27)16-9-10-28-20(11-16)30-13-15-5-3-2-4-6-15/h2-12,14,29H,13H2,1H3. The highest BCUT2D eigenvalue weighted by Crippen LogP contribution is 2.50. The van der Waals surface area contributed by atoms with Gasteiger partial charge in [-0.2, -0.15) is 13.2 Å². The second-order valence-corrected chi connectivity index (χ2v) is 7.65. The monoisotopic (exact) mass is 455 g/mol. The number of halogens is 5. The summed E-state index contributed by atoms with van der Waals surface area (Å²) in [6.07, 6.45) is -3.82. The molecule has 1 aromatic heterocycles. The van der Waals surface area contributed by atoms with Gasteiger partial charge >= 0.3 is 6.18 Å². The van der Waals surface area contributed by atoms with Crippen molar-refractivity contribution in [3.63, 3.8) is 0 Å². The van der Waals surface area contributed by atoms with Crippen LogP contribution in [0.5, 0.6) is 5.88 Å². The lowest BCUT2D eigenvalue weighted by molar-refractivity contribution is -0.274. The zero-order valence-corrected chi connectivity index (χ0v) is 17.3. The molecule has 2 unspecified atom stereocenters. The van der Waals surface area contributed by atoms with Crippen LogP contribution in [0, 0.1) is 0 Å². The van der Waals surface area contributed by atoms with Gasteiger partial charge in [-0.1, -0.05) is 66.5 Å². The van der Waals surface area contributed by atoms with E-state index in [2.05, 4.69) is 4.98 Å². The lowest BCUT2D eigenvalue weighted by atomic mass is 9.78. The van der Waals surface area contributed by atoms with Crippen molar-refractivity contribution in [2.45, 2.75) is 31.2 Å². The van der Waals surface area contributed by atoms with E-state index in [1.807, 2.05) is 30.3 Å². The number of ether oxygens (including phenoxy) is 1. The number of benzene rings is 2. The summed E-state index contributed by atoms with van der Waals surface area (Å²) in [6, 6.07) is 15.5. The Morgan fingerprint density at radius 3 is 2.37 bits per heavy atom. The third-order valence-corrected chi connectivity index (χ3v) is 5.45. The lowest BCUT2D eigenvalue weighted by Crippen LogP contribution is -2.46. The third kappa shape index (κ3) is 4.56. The Hall–Kier alpha value is -2.28. The number of aliphatic hydroxyl groups is 1. The van der Waals surface area contributed by atoms with E-state index in [0.29, 0.717) is 0 Å². The smallest absolute Gasteiger partial charge is 0.422 e. The number of pyridine rings is 1. The fourth-order valence-electron chi connectivity index (χ4n) is 3.19. The topological polar surface area (TPSA) is 42.4 Å². The van der Waals surface area contributed by atoms with Crippen molar-refractivity contribution in [3.05, 3.63) is 93.6 Å². The average Bonchev–Trinajstić information content (AvgIpc) is 2.71. The van der Waals surface area contributed by atoms with Crippen molar-refractivity contribution < 1.29 is 23.0 Å². The summed E-state index contributed by atoms with van der Waals surface area (Å²) in [4.78, 5) is 3.97. The Bertz CT molecular complexity index is 1010. The van der Waals surface area contributed by atoms with Crippen LogP contribution in [0.25, 0.3) is 0 Å². The first kappa shape index (κ1) is 22.4. The fourth-order valence-corrected chi connectivity index (χ4v) is 3.77. The van der Waals surface area contributed by atoms with Crippen molar-refractivity contribution >= 4 is 23.2 Å². The Morgan fingerprint density at radius 1 is 1.03 bits per heavy atom. The van der Waals surface area contributed by atoms with Crippen molar-refractivity contribution in [1.29, 1.82) is 0 Å². The van der Waals surface area contributed by atoms with Crippen LogP contribution in [0.1, 0.15) is 29.5 Å². The highest BCUT2D eigenvalue weighted by molar-refractivity contribution is 6.35. The van der Waals surface area contributed by atoms with Crippen LogP contribution < -0.4 is 4.74 Å². The molecule has 3 rings (SSSR count). The highest BCUT2D eigenvalue weighted by Gasteiger charge is 2.59. The normalized spacial score (nSPS) is 14.8. The zero-order valence-electron chi connectivity index (χ0n) is 15.8. The molecule has 0 spiro atoms. The molecule has 0 fully saturated rings. The summed E-state index contributed by atoms with van der Waals surface area (Å²) in [5.41, 5.74) is -2.67. The molecule has 0 aliphatic heterocycles. The predicted octanol–water partition coefficient (Wildman–Crippen LogP) is 6.52. The molecule has 0 aliphatic rings. The Kier molecular flexibility index (Phi) is 6.60. The molecule has 0 saturated heterocycles. The maximum Gasteiger partial charge on any atom is 0.422 e. The number of rotatable bonds is 6. The van der Waals surface area contributed by atoms with E-state index in [1.165, 1.54) is 31.3 Å². The molecule has 2 aromatic carbocycles. The van der Waals surface area contributed by atoms with E-state index in [-0.39, 0.29) is 28.1 Å². The first-order valence-corrected chi connectivity index (χ1v) is 9.76. The SMILES string of the molecule is CC(c1ccc(Cl)cc1Cl)C(O)(c1ccnc(OCc2ccccc2)c1)C(F)(F)F. The van der Waals surface area contributed by atoms with E-state index < -0.39 is 23.3 Å². The molecule has 30 heavy (non-hydrogen) atoms. The van der Waals surface area contributed by atoms with Crippen LogP contribution in [-0.2, 0) is 12.2 Å². The average molecular weight is 456 g/mol. The summed E-state index contributed by atoms with van der Waals surface area (Å²) in [5, 5.41) is 11.3. The molecule has 8 heteroatoms. The molecule has 1 N–H and O–H groups in total. The molecule has 3 nitrogen and oxygen atoms in total. The van der Waals surface area contributed by atoms with Gasteiger partial charge in [-0.25, -0.2) is 4.98 Å². The zero-order chi connectivity index (χ0) is 21.9. The number of nitrogens with zero attached hydrogens (tertiary/aromatic N) is 1. The maximum atomic E-state index is 14.1. The minimum absolute atomic E-state index is 0.0339. The van der Waals surface area contributed by atoms with E-state index in [0.717, 1.165) is 17.7 Å². The molecule has 158 valence electrons. The molecule has 0 radical (unpaired) electrons. The molecule has 2 atom stereocenters. The van der Waals surface area contributed by atoms with Crippen molar-refractivity contribution in [3.8, 4) is 5.88 Å². The summed E-state index contributed by atoms with van der Waals surface area (Å²) in [5.74, 6) is -1.46. The van der Waals surface area contributed by atoms with Crippen LogP contribution >= 0.6 is 23.2 Å². The van der Waals surface area contributed by atoms with Crippen molar-refractivity contribution in [2.75, 3.05) is 0 Å². The van der Waals surface area contributed by atoms with Gasteiger partial charge in [-0.3, -0.25) is 0 Å². The van der Waals surface area contributed by atoms with Gasteiger partial charge in [0.05, 0.1) is 0 Å². The third-order valence-electron chi connectivity index (χ3n) is 4.89. The van der Waals surface area contributed by atoms with Gasteiger partial charge in [-0.15, -0.1) is 0 Å². The molecular formula is C22H18Cl2F3NO2. The van der Waals surface area contributed by atoms with Crippen molar-refractivity contribution in [2.24, 2.45) is 0 Å². The van der Waals surface area contributed by atoms with Gasteiger partial charge in [0.1, 0.15) is 6.61 Å². The summed E-state index contributed by atoms with van der Waals surface area (Å²) in [7, 11) is 0. The maximum absolute atomic E-state index is 14.1. The number of aromatic nitrogens is 1. The number of alkyl halides is 3. The minimum Gasteiger partial charge on any atom is -0.473 e. The Labute approximate surface area is 182 Å². The van der Waals surface area contributed by atoms with Gasteiger partial charge in [0.15, 0.2) is 5.60 Å². The summed E-state index contributed by atoms with van der Waals surface area (Å²) < 4.78 is 48.0. The van der Waals surface area contributed by atoms with Gasteiger partial charge in [0.25, 0.3) is 0 Å². The Balaban J connectivity index is 1.97. The van der Waals surface area contributed by atoms with E-state index in [1.54, 1.807) is 0 Å². The number of hydrogen-bond donors (Lipinski definition) is 1. The molecule has 0 aliphatic carbocycles. The van der Waals surface area contributed by atoms with E-state index in [9.17, 15) is 18.3 Å². The lowest BCUT2D eigenvalue weighted by Gasteiger charge is -2.37. The van der Waals surface area contributed by atoms with Crippen LogP contribution in [0.4, 0.5) is 13.2 Å². The first-order chi connectivity index (χ1) is 14.1. The van der Waals surface area contributed by atoms with Gasteiger partial charge in [0.2, 0.25) is 5.88 Å². The molecule has 0 bridgehead atoms. The molecule has 0 saturated carbocycles. The number of hydrogen-bond acceptors (Lipinski definition) is 3. The fraction of sp³-hybridized carbons (Fsp3) is 0.227. The van der Waals surface area contributed by atoms with Crippen LogP contribution in [-0.4, -0.2) is 16.3 Å². The minimum atomic E-state index is -4.99. The van der Waals surface area contributed by atoms with Crippen LogP contribution in [0.3, 0.4) is 0 Å². The molecule has 3 aromatic rings. The van der Waals surface area contributed by atoms with E-state index in [4.69, 9.17) is 27.9 Å². The second kappa shape index (κ2) is 8.84. The van der Waals surface area contributed by atoms with Gasteiger partial charge in [0, 0.05) is 33.8 Å². The molecular weight excluding hydrogens is 438 g/mol. The van der Waals surface area contributed by atoms with Crippen molar-refractivity contribution in [1.82, 2.24) is 4.98 Å². The quantitative estimate of drug-likeness (QED) is 0.459. The first-order valence-electron chi connectivity index (χ1n) is 9.00. The van der Waals surface area contributed by atoms with Crippen LogP contribution in [0.2, 0.25) is 10.0 Å². The predicted molar refractivity (Wildman–Crippen MR) is 110 cm³/mol. The Morgan fingerprint density at radius 2 is 1.73 bits per heavy atom. The van der Waals surface area contributed by atoms with Gasteiger partial charge < -0.3 is 9.84 Å². The largest absolute Gasteiger partial charge is 0.473 e. The summed E-state index contributed by atoms with van der Waals surface area (Å²) in [6.45, 7) is 1.38. The van der Waals surface area contributed by atoms with E-state index >= 15 is 0 Å². The molecule has 0 amide bonds. The molecule has 1 heterocycles. The summed E-state index contributed by atoms with van der Waals surface area (Å²) >= 11 is 12.0.